The molecule has 1 unspecified atom stereocenters. The molecule has 1 atom stereocenters. The summed E-state index contributed by atoms with van der Waals surface area (Å²) >= 11 is 6.69. The second-order valence-corrected chi connectivity index (χ2v) is 15.2. The van der Waals surface area contributed by atoms with Crippen molar-refractivity contribution in [3.63, 3.8) is 0 Å². The molecule has 7 rings (SSSR count). The van der Waals surface area contributed by atoms with Crippen molar-refractivity contribution in [2.24, 2.45) is 7.05 Å². The highest BCUT2D eigenvalue weighted by Gasteiger charge is 2.28. The molecule has 0 aliphatic heterocycles. The molecule has 0 fully saturated rings. The number of anilines is 1. The summed E-state index contributed by atoms with van der Waals surface area (Å²) in [6.07, 6.45) is -1.79. The zero-order chi connectivity index (χ0) is 40.6. The highest BCUT2D eigenvalue weighted by molar-refractivity contribution is 7.92. The Morgan fingerprint density at radius 1 is 0.947 bits per heavy atom. The maximum atomic E-state index is 14.8. The number of benzene rings is 4. The zero-order valence-corrected chi connectivity index (χ0v) is 31.6. The third-order valence-corrected chi connectivity index (χ3v) is 10.7. The van der Waals surface area contributed by atoms with Gasteiger partial charge in [0.1, 0.15) is 29.0 Å². The molecule has 0 saturated heterocycles. The summed E-state index contributed by atoms with van der Waals surface area (Å²) in [5.41, 5.74) is 0.223. The molecule has 0 aliphatic rings. The van der Waals surface area contributed by atoms with E-state index in [4.69, 9.17) is 16.3 Å². The van der Waals surface area contributed by atoms with Gasteiger partial charge in [0, 0.05) is 25.1 Å². The minimum atomic E-state index is -4.03. The van der Waals surface area contributed by atoms with Crippen LogP contribution in [0.5, 0.6) is 5.75 Å². The fourth-order valence-electron chi connectivity index (χ4n) is 6.54. The molecule has 4 aromatic carbocycles. The smallest absolute Gasteiger partial charge is 0.405 e. The van der Waals surface area contributed by atoms with Gasteiger partial charge in [-0.3, -0.25) is 18.8 Å². The molecule has 13 nitrogen and oxygen atoms in total. The topological polar surface area (TPSA) is 170 Å². The van der Waals surface area contributed by atoms with E-state index in [0.29, 0.717) is 11.8 Å². The van der Waals surface area contributed by atoms with E-state index < -0.39 is 51.6 Å². The van der Waals surface area contributed by atoms with Crippen LogP contribution >= 0.6 is 11.6 Å². The minimum absolute atomic E-state index is 0.0216. The van der Waals surface area contributed by atoms with Crippen molar-refractivity contribution in [1.82, 2.24) is 29.6 Å². The first-order chi connectivity index (χ1) is 27.2. The standard InChI is InChI=1S/C39H31ClF3N7O6S/c1-49-34-32(14-12-28(40)33(34)36(47-49)48-57(54,55)16-15-21-7-9-25(56-2)10-8-21)50-37(31(45-39(52)53)19-22-17-23(41)20-24(42)18-22)46-35-27(38(50)51)11-13-30(44-35)26-5-3-4-6-29(26)43/h3-14,17-18,20,31,45H,15-16,19H2,1-2H3,(H,47,48)(H,52,53). The summed E-state index contributed by atoms with van der Waals surface area (Å²) in [6, 6.07) is 19.6. The Morgan fingerprint density at radius 2 is 1.67 bits per heavy atom. The molecule has 3 heterocycles. The number of carbonyl (C=O) groups is 1. The average molecular weight is 818 g/mol. The van der Waals surface area contributed by atoms with Crippen LogP contribution in [-0.4, -0.2) is 56.8 Å². The van der Waals surface area contributed by atoms with Crippen molar-refractivity contribution in [2.45, 2.75) is 18.9 Å². The maximum Gasteiger partial charge on any atom is 0.405 e. The first-order valence-corrected chi connectivity index (χ1v) is 19.2. The molecule has 0 aliphatic carbocycles. The molecule has 7 aromatic rings. The number of fused-ring (bicyclic) bond motifs is 2. The number of hydrogen-bond donors (Lipinski definition) is 3. The van der Waals surface area contributed by atoms with Crippen LogP contribution < -0.4 is 20.3 Å². The number of hydrogen-bond acceptors (Lipinski definition) is 8. The third kappa shape index (κ3) is 8.10. The van der Waals surface area contributed by atoms with Gasteiger partial charge < -0.3 is 15.2 Å². The zero-order valence-electron chi connectivity index (χ0n) is 30.0. The lowest BCUT2D eigenvalue weighted by molar-refractivity contribution is 0.189. The van der Waals surface area contributed by atoms with Crippen molar-refractivity contribution in [3.8, 4) is 22.7 Å². The van der Waals surface area contributed by atoms with Gasteiger partial charge in [-0.05, 0) is 78.2 Å². The molecule has 0 radical (unpaired) electrons. The second-order valence-electron chi connectivity index (χ2n) is 12.9. The fraction of sp³-hybridized carbons (Fsp3) is 0.154. The molecular weight excluding hydrogens is 787 g/mol. The summed E-state index contributed by atoms with van der Waals surface area (Å²) in [6.45, 7) is 0. The summed E-state index contributed by atoms with van der Waals surface area (Å²) in [7, 11) is -1.02. The average Bonchev–Trinajstić information content (AvgIpc) is 3.49. The number of sulfonamides is 1. The van der Waals surface area contributed by atoms with Gasteiger partial charge in [0.2, 0.25) is 10.0 Å². The predicted molar refractivity (Wildman–Crippen MR) is 208 cm³/mol. The number of nitrogens with one attached hydrogen (secondary N) is 2. The van der Waals surface area contributed by atoms with Gasteiger partial charge in [0.05, 0.1) is 51.6 Å². The monoisotopic (exact) mass is 817 g/mol. The lowest BCUT2D eigenvalue weighted by atomic mass is 10.0. The number of methoxy groups -OCH3 is 1. The molecule has 0 bridgehead atoms. The van der Waals surface area contributed by atoms with Crippen molar-refractivity contribution >= 4 is 55.5 Å². The predicted octanol–water partition coefficient (Wildman–Crippen LogP) is 6.95. The molecule has 57 heavy (non-hydrogen) atoms. The van der Waals surface area contributed by atoms with Crippen LogP contribution in [0, 0.1) is 17.5 Å². The summed E-state index contributed by atoms with van der Waals surface area (Å²) in [4.78, 5) is 36.1. The molecule has 0 saturated carbocycles. The van der Waals surface area contributed by atoms with Gasteiger partial charge in [0.25, 0.3) is 5.56 Å². The minimum Gasteiger partial charge on any atom is -0.497 e. The highest BCUT2D eigenvalue weighted by atomic mass is 35.5. The van der Waals surface area contributed by atoms with Gasteiger partial charge in [-0.1, -0.05) is 35.9 Å². The van der Waals surface area contributed by atoms with Crippen LogP contribution in [0.25, 0.3) is 38.9 Å². The number of nitrogens with zero attached hydrogens (tertiary/aromatic N) is 5. The van der Waals surface area contributed by atoms with E-state index in [1.54, 1.807) is 30.3 Å². The number of ether oxygens (including phenoxy) is 1. The summed E-state index contributed by atoms with van der Waals surface area (Å²) in [5.74, 6) is -2.57. The molecule has 3 aromatic heterocycles. The number of halogens is 4. The normalized spacial score (nSPS) is 12.2. The Balaban J connectivity index is 1.40. The summed E-state index contributed by atoms with van der Waals surface area (Å²) in [5, 5.41) is 16.8. The lowest BCUT2D eigenvalue weighted by Gasteiger charge is -2.22. The quantitative estimate of drug-likeness (QED) is 0.118. The molecule has 1 amide bonds. The van der Waals surface area contributed by atoms with E-state index in [2.05, 4.69) is 25.1 Å². The molecule has 3 N–H and O–H groups in total. The van der Waals surface area contributed by atoms with Crippen molar-refractivity contribution < 1.29 is 36.2 Å². The van der Waals surface area contributed by atoms with E-state index in [1.807, 2.05) is 0 Å². The van der Waals surface area contributed by atoms with Gasteiger partial charge in [-0.25, -0.2) is 36.4 Å². The van der Waals surface area contributed by atoms with E-state index in [-0.39, 0.29) is 73.3 Å². The van der Waals surface area contributed by atoms with E-state index >= 15 is 0 Å². The second kappa shape index (κ2) is 15.6. The van der Waals surface area contributed by atoms with Gasteiger partial charge in [-0.15, -0.1) is 0 Å². The fourth-order valence-corrected chi connectivity index (χ4v) is 7.83. The largest absolute Gasteiger partial charge is 0.497 e. The van der Waals surface area contributed by atoms with E-state index in [0.717, 1.165) is 22.3 Å². The number of pyridine rings is 1. The van der Waals surface area contributed by atoms with E-state index in [9.17, 15) is 36.3 Å². The number of carboxylic acid groups (broad SMARTS) is 1. The maximum absolute atomic E-state index is 14.8. The van der Waals surface area contributed by atoms with Gasteiger partial charge in [-0.2, -0.15) is 5.10 Å². The Kier molecular flexibility index (Phi) is 10.6. The number of amides is 1. The molecule has 18 heteroatoms. The molecule has 292 valence electrons. The van der Waals surface area contributed by atoms with Crippen molar-refractivity contribution in [3.05, 3.63) is 141 Å². The number of aromatic nitrogens is 5. The Hall–Kier alpha value is -6.46. The first-order valence-electron chi connectivity index (χ1n) is 17.1. The number of aryl methyl sites for hydroxylation is 2. The SMILES string of the molecule is COc1ccc(CCS(=O)(=O)Nc2nn(C)c3c(-n4c(C(Cc5cc(F)cc(F)c5)NC(=O)O)nc5nc(-c6ccccc6F)ccc5c4=O)ccc(Cl)c23)cc1. The van der Waals surface area contributed by atoms with Crippen LogP contribution in [0.2, 0.25) is 5.02 Å². The summed E-state index contributed by atoms with van der Waals surface area (Å²) < 4.78 is 80.4. The third-order valence-electron chi connectivity index (χ3n) is 9.11. The Bertz CT molecular complexity index is 2850. The lowest BCUT2D eigenvalue weighted by Crippen LogP contribution is -2.35. The van der Waals surface area contributed by atoms with Crippen LogP contribution in [-0.2, 0) is 29.9 Å². The Morgan fingerprint density at radius 3 is 2.35 bits per heavy atom. The number of rotatable bonds is 12. The first kappa shape index (κ1) is 38.8. The van der Waals surface area contributed by atoms with Crippen molar-refractivity contribution in [1.29, 1.82) is 0 Å². The van der Waals surface area contributed by atoms with Crippen LogP contribution in [0.15, 0.2) is 95.8 Å². The van der Waals surface area contributed by atoms with Crippen LogP contribution in [0.3, 0.4) is 0 Å². The van der Waals surface area contributed by atoms with Gasteiger partial charge >= 0.3 is 6.09 Å². The van der Waals surface area contributed by atoms with Gasteiger partial charge in [0.15, 0.2) is 11.5 Å². The van der Waals surface area contributed by atoms with Crippen molar-refractivity contribution in [2.75, 3.05) is 17.6 Å². The Labute approximate surface area is 327 Å². The van der Waals surface area contributed by atoms with E-state index in [1.165, 1.54) is 61.3 Å². The molecular formula is C39H31ClF3N7O6S. The molecule has 0 spiro atoms. The van der Waals surface area contributed by atoms with Crippen LogP contribution in [0.4, 0.5) is 23.8 Å². The van der Waals surface area contributed by atoms with Crippen LogP contribution in [0.1, 0.15) is 23.0 Å². The highest BCUT2D eigenvalue weighted by Crippen LogP contribution is 2.36.